The molecule has 2 amide bonds. The molecule has 0 radical (unpaired) electrons. The van der Waals surface area contributed by atoms with Gasteiger partial charge in [-0.3, -0.25) is 14.4 Å². The average Bonchev–Trinajstić information content (AvgIpc) is 2.84. The van der Waals surface area contributed by atoms with Crippen LogP contribution in [0.2, 0.25) is 5.02 Å². The van der Waals surface area contributed by atoms with Crippen LogP contribution in [0.1, 0.15) is 56.1 Å². The Labute approximate surface area is 218 Å². The molecule has 0 unspecified atom stereocenters. The van der Waals surface area contributed by atoms with E-state index in [9.17, 15) is 14.4 Å². The summed E-state index contributed by atoms with van der Waals surface area (Å²) in [5, 5.41) is 12.6. The zero-order chi connectivity index (χ0) is 26.3. The molecular weight excluding hydrogens is 480 g/mol. The van der Waals surface area contributed by atoms with Crippen molar-refractivity contribution in [2.75, 3.05) is 26.0 Å². The third-order valence-electron chi connectivity index (χ3n) is 5.45. The van der Waals surface area contributed by atoms with Crippen LogP contribution in [-0.4, -0.2) is 48.5 Å². The molecule has 2 rings (SSSR count). The van der Waals surface area contributed by atoms with E-state index in [0.717, 1.165) is 35.4 Å². The van der Waals surface area contributed by atoms with E-state index in [1.54, 1.807) is 32.3 Å². The first-order chi connectivity index (χ1) is 17.2. The first-order valence-electron chi connectivity index (χ1n) is 12.1. The van der Waals surface area contributed by atoms with Crippen LogP contribution in [0.25, 0.3) is 6.08 Å². The third-order valence-corrected chi connectivity index (χ3v) is 5.70. The number of aliphatic carboxylic acids is 1. The number of benzene rings is 2. The maximum atomic E-state index is 12.3. The van der Waals surface area contributed by atoms with E-state index >= 15 is 0 Å². The quantitative estimate of drug-likeness (QED) is 0.292. The molecule has 36 heavy (non-hydrogen) atoms. The number of anilines is 1. The Morgan fingerprint density at radius 3 is 2.44 bits per heavy atom. The Balaban J connectivity index is 1.83. The van der Waals surface area contributed by atoms with E-state index in [1.165, 1.54) is 4.90 Å². The average molecular weight is 515 g/mol. The highest BCUT2D eigenvalue weighted by atomic mass is 35.5. The number of hydrogen-bond acceptors (Lipinski definition) is 4. The van der Waals surface area contributed by atoms with Gasteiger partial charge in [0.1, 0.15) is 5.75 Å². The van der Waals surface area contributed by atoms with Crippen LogP contribution >= 0.6 is 11.6 Å². The second-order valence-corrected chi connectivity index (χ2v) is 9.14. The predicted octanol–water partition coefficient (Wildman–Crippen LogP) is 5.82. The van der Waals surface area contributed by atoms with Gasteiger partial charge in [0.25, 0.3) is 0 Å². The maximum Gasteiger partial charge on any atom is 0.303 e. The molecular formula is C28H35ClN2O5. The summed E-state index contributed by atoms with van der Waals surface area (Å²) < 4.78 is 5.93. The molecule has 0 aliphatic rings. The minimum atomic E-state index is -0.895. The number of carboxylic acids is 1. The molecule has 194 valence electrons. The van der Waals surface area contributed by atoms with Crippen LogP contribution in [0.15, 0.2) is 48.5 Å². The fourth-order valence-corrected chi connectivity index (χ4v) is 3.55. The lowest BCUT2D eigenvalue weighted by Crippen LogP contribution is -2.21. The van der Waals surface area contributed by atoms with E-state index in [1.807, 2.05) is 24.3 Å². The first-order valence-corrected chi connectivity index (χ1v) is 12.5. The van der Waals surface area contributed by atoms with Crippen molar-refractivity contribution in [1.82, 2.24) is 4.90 Å². The third kappa shape index (κ3) is 11.4. The number of unbranched alkanes of at least 4 members (excludes halogenated alkanes) is 2. The Hall–Kier alpha value is -3.32. The lowest BCUT2D eigenvalue weighted by molar-refractivity contribution is -0.137. The van der Waals surface area contributed by atoms with Crippen molar-refractivity contribution in [2.45, 2.75) is 51.4 Å². The van der Waals surface area contributed by atoms with Crippen molar-refractivity contribution in [1.29, 1.82) is 0 Å². The van der Waals surface area contributed by atoms with Crippen molar-refractivity contribution in [2.24, 2.45) is 0 Å². The van der Waals surface area contributed by atoms with Crippen molar-refractivity contribution in [3.8, 4) is 5.75 Å². The highest BCUT2D eigenvalue weighted by Crippen LogP contribution is 2.25. The van der Waals surface area contributed by atoms with Gasteiger partial charge in [0.15, 0.2) is 0 Å². The fourth-order valence-electron chi connectivity index (χ4n) is 3.42. The minimum absolute atomic E-state index is 0.0159. The second-order valence-electron chi connectivity index (χ2n) is 8.70. The summed E-state index contributed by atoms with van der Waals surface area (Å²) in [5.74, 6) is -0.472. The van der Waals surface area contributed by atoms with Gasteiger partial charge in [-0.1, -0.05) is 35.9 Å². The number of carbonyl (C=O) groups excluding carboxylic acids is 2. The molecule has 0 spiro atoms. The molecule has 2 aromatic rings. The number of nitrogens with zero attached hydrogens (tertiary/aromatic N) is 1. The molecule has 7 nitrogen and oxygen atoms in total. The van der Waals surface area contributed by atoms with E-state index in [0.29, 0.717) is 37.3 Å². The van der Waals surface area contributed by atoms with E-state index < -0.39 is 5.97 Å². The van der Waals surface area contributed by atoms with Crippen molar-refractivity contribution in [3.05, 3.63) is 64.7 Å². The fraction of sp³-hybridized carbons (Fsp3) is 0.393. The largest absolute Gasteiger partial charge is 0.493 e. The zero-order valence-electron chi connectivity index (χ0n) is 21.0. The van der Waals surface area contributed by atoms with Gasteiger partial charge in [-0.25, -0.2) is 0 Å². The Morgan fingerprint density at radius 2 is 1.75 bits per heavy atom. The normalized spacial score (nSPS) is 10.9. The molecule has 0 aliphatic heterocycles. The molecule has 2 aromatic carbocycles. The summed E-state index contributed by atoms with van der Waals surface area (Å²) in [4.78, 5) is 36.5. The summed E-state index contributed by atoms with van der Waals surface area (Å²) in [6.45, 7) is 0.514. The lowest BCUT2D eigenvalue weighted by Gasteiger charge is -2.14. The van der Waals surface area contributed by atoms with Gasteiger partial charge in [-0.2, -0.15) is 0 Å². The number of carbonyl (C=O) groups is 3. The molecule has 0 bridgehead atoms. The standard InChI is InChI=1S/C28H35ClN2O5/c1-31(2)27(33)10-7-9-26(32)30-24-16-17-25(22(20-24)13-18-28(34)35)36-19-6-4-3-5-8-21-11-14-23(29)15-12-21/h5,8,11-12,14-17,20H,3-4,6-7,9-10,13,18-19H2,1-2H3,(H,30,32)(H,34,35)/b8-5+. The summed E-state index contributed by atoms with van der Waals surface area (Å²) in [5.41, 5.74) is 2.42. The summed E-state index contributed by atoms with van der Waals surface area (Å²) in [6.07, 6.45) is 8.19. The molecule has 0 aliphatic carbocycles. The maximum absolute atomic E-state index is 12.3. The Bertz CT molecular complexity index is 1030. The smallest absolute Gasteiger partial charge is 0.303 e. The Kier molecular flexibility index (Phi) is 12.6. The number of nitrogens with one attached hydrogen (secondary N) is 1. The molecule has 0 heterocycles. The SMILES string of the molecule is CN(C)C(=O)CCCC(=O)Nc1ccc(OCCCC/C=C/c2ccc(Cl)cc2)c(CCC(=O)O)c1. The van der Waals surface area contributed by atoms with Gasteiger partial charge < -0.3 is 20.1 Å². The molecule has 0 atom stereocenters. The van der Waals surface area contributed by atoms with Gasteiger partial charge in [0.05, 0.1) is 6.61 Å². The van der Waals surface area contributed by atoms with Gasteiger partial charge in [0.2, 0.25) is 11.8 Å². The van der Waals surface area contributed by atoms with Crippen LogP contribution in [0, 0.1) is 0 Å². The zero-order valence-corrected chi connectivity index (χ0v) is 21.7. The van der Waals surface area contributed by atoms with E-state index in [4.69, 9.17) is 21.4 Å². The highest BCUT2D eigenvalue weighted by Gasteiger charge is 2.11. The van der Waals surface area contributed by atoms with Crippen LogP contribution < -0.4 is 10.1 Å². The predicted molar refractivity (Wildman–Crippen MR) is 143 cm³/mol. The number of amides is 2. The topological polar surface area (TPSA) is 95.9 Å². The second kappa shape index (κ2) is 15.6. The van der Waals surface area contributed by atoms with Gasteiger partial charge in [-0.05, 0) is 73.6 Å². The monoisotopic (exact) mass is 514 g/mol. The number of aryl methyl sites for hydroxylation is 1. The number of halogens is 1. The number of allylic oxidation sites excluding steroid dienone is 1. The van der Waals surface area contributed by atoms with E-state index in [2.05, 4.69) is 17.5 Å². The summed E-state index contributed by atoms with van der Waals surface area (Å²) in [7, 11) is 3.37. The number of carboxylic acid groups (broad SMARTS) is 1. The number of hydrogen-bond donors (Lipinski definition) is 2. The van der Waals surface area contributed by atoms with E-state index in [-0.39, 0.29) is 24.7 Å². The molecule has 0 aromatic heterocycles. The van der Waals surface area contributed by atoms with Crippen LogP contribution in [-0.2, 0) is 20.8 Å². The van der Waals surface area contributed by atoms with Gasteiger partial charge in [-0.15, -0.1) is 0 Å². The highest BCUT2D eigenvalue weighted by molar-refractivity contribution is 6.30. The molecule has 2 N–H and O–H groups in total. The van der Waals surface area contributed by atoms with Gasteiger partial charge in [0, 0.05) is 44.1 Å². The van der Waals surface area contributed by atoms with Crippen LogP contribution in [0.4, 0.5) is 5.69 Å². The van der Waals surface area contributed by atoms with Crippen molar-refractivity contribution >= 4 is 41.1 Å². The summed E-state index contributed by atoms with van der Waals surface area (Å²) in [6, 6.07) is 12.9. The minimum Gasteiger partial charge on any atom is -0.493 e. The lowest BCUT2D eigenvalue weighted by atomic mass is 10.1. The number of rotatable bonds is 15. The summed E-state index contributed by atoms with van der Waals surface area (Å²) >= 11 is 5.90. The van der Waals surface area contributed by atoms with Crippen molar-refractivity contribution < 1.29 is 24.2 Å². The van der Waals surface area contributed by atoms with Crippen LogP contribution in [0.3, 0.4) is 0 Å². The number of ether oxygens (including phenoxy) is 1. The first kappa shape index (κ1) is 28.9. The van der Waals surface area contributed by atoms with Crippen LogP contribution in [0.5, 0.6) is 5.75 Å². The molecule has 0 fully saturated rings. The molecule has 8 heteroatoms. The molecule has 0 saturated heterocycles. The molecule has 0 saturated carbocycles. The Morgan fingerprint density at radius 1 is 1.00 bits per heavy atom. The van der Waals surface area contributed by atoms with Gasteiger partial charge >= 0.3 is 5.97 Å². The van der Waals surface area contributed by atoms with Crippen molar-refractivity contribution in [3.63, 3.8) is 0 Å².